The van der Waals surface area contributed by atoms with Crippen molar-refractivity contribution in [1.29, 1.82) is 0 Å². The summed E-state index contributed by atoms with van der Waals surface area (Å²) in [4.78, 5) is 19.3. The number of aryl methyl sites for hydroxylation is 1. The molecule has 5 heteroatoms. The van der Waals surface area contributed by atoms with E-state index in [4.69, 9.17) is 5.11 Å². The standard InChI is InChI=1S/C12H17N3O2/c1-7(12(16)17)8(2)15-11-9-4-3-5-10(9)13-6-14-11/h6-8H,3-5H2,1-2H3,(H,16,17)(H,13,14,15). The number of anilines is 1. The smallest absolute Gasteiger partial charge is 0.308 e. The third-order valence-electron chi connectivity index (χ3n) is 3.38. The van der Waals surface area contributed by atoms with Crippen LogP contribution in [0.1, 0.15) is 31.5 Å². The highest BCUT2D eigenvalue weighted by molar-refractivity contribution is 5.71. The molecule has 2 rings (SSSR count). The van der Waals surface area contributed by atoms with Crippen LogP contribution < -0.4 is 5.32 Å². The Bertz CT molecular complexity index is 434. The molecule has 2 atom stereocenters. The third kappa shape index (κ3) is 2.38. The summed E-state index contributed by atoms with van der Waals surface area (Å²) >= 11 is 0. The van der Waals surface area contributed by atoms with E-state index >= 15 is 0 Å². The SMILES string of the molecule is CC(Nc1ncnc2c1CCC2)C(C)C(=O)O. The third-order valence-corrected chi connectivity index (χ3v) is 3.38. The summed E-state index contributed by atoms with van der Waals surface area (Å²) in [6.07, 6.45) is 4.62. The van der Waals surface area contributed by atoms with Crippen LogP contribution in [0.15, 0.2) is 6.33 Å². The average Bonchev–Trinajstić information content (AvgIpc) is 2.76. The lowest BCUT2D eigenvalue weighted by atomic mass is 10.0. The Hall–Kier alpha value is -1.65. The Morgan fingerprint density at radius 1 is 1.41 bits per heavy atom. The molecule has 0 aromatic carbocycles. The van der Waals surface area contributed by atoms with Gasteiger partial charge in [-0.1, -0.05) is 0 Å². The van der Waals surface area contributed by atoms with Gasteiger partial charge >= 0.3 is 5.97 Å². The van der Waals surface area contributed by atoms with Crippen LogP contribution in [0.2, 0.25) is 0 Å². The lowest BCUT2D eigenvalue weighted by Crippen LogP contribution is -2.30. The van der Waals surface area contributed by atoms with Gasteiger partial charge in [0.1, 0.15) is 12.1 Å². The fourth-order valence-corrected chi connectivity index (χ4v) is 2.04. The number of nitrogens with one attached hydrogen (secondary N) is 1. The van der Waals surface area contributed by atoms with E-state index in [1.54, 1.807) is 13.3 Å². The van der Waals surface area contributed by atoms with Crippen molar-refractivity contribution in [2.45, 2.75) is 39.2 Å². The maximum atomic E-state index is 10.9. The summed E-state index contributed by atoms with van der Waals surface area (Å²) in [5.41, 5.74) is 2.25. The first-order valence-electron chi connectivity index (χ1n) is 5.91. The van der Waals surface area contributed by atoms with E-state index in [1.807, 2.05) is 6.92 Å². The maximum absolute atomic E-state index is 10.9. The Morgan fingerprint density at radius 3 is 2.88 bits per heavy atom. The van der Waals surface area contributed by atoms with E-state index in [2.05, 4.69) is 15.3 Å². The molecule has 1 aliphatic carbocycles. The Balaban J connectivity index is 2.14. The van der Waals surface area contributed by atoms with E-state index in [9.17, 15) is 4.79 Å². The van der Waals surface area contributed by atoms with Crippen molar-refractivity contribution in [3.05, 3.63) is 17.6 Å². The second-order valence-electron chi connectivity index (χ2n) is 4.56. The van der Waals surface area contributed by atoms with Gasteiger partial charge in [0, 0.05) is 17.3 Å². The Labute approximate surface area is 100 Å². The normalized spacial score (nSPS) is 17.3. The van der Waals surface area contributed by atoms with Gasteiger partial charge in [0.05, 0.1) is 5.92 Å². The second-order valence-corrected chi connectivity index (χ2v) is 4.56. The number of rotatable bonds is 4. The van der Waals surface area contributed by atoms with Crippen molar-refractivity contribution in [3.63, 3.8) is 0 Å². The van der Waals surface area contributed by atoms with Crippen LogP contribution in [-0.2, 0) is 17.6 Å². The van der Waals surface area contributed by atoms with Crippen molar-refractivity contribution in [2.75, 3.05) is 5.32 Å². The van der Waals surface area contributed by atoms with Crippen LogP contribution in [0.5, 0.6) is 0 Å². The first-order chi connectivity index (χ1) is 8.09. The molecule has 2 unspecified atom stereocenters. The Morgan fingerprint density at radius 2 is 2.18 bits per heavy atom. The molecule has 0 aliphatic heterocycles. The number of aliphatic carboxylic acids is 1. The minimum atomic E-state index is -0.796. The number of fused-ring (bicyclic) bond motifs is 1. The number of carboxylic acid groups (broad SMARTS) is 1. The highest BCUT2D eigenvalue weighted by Gasteiger charge is 2.22. The molecular weight excluding hydrogens is 218 g/mol. The number of carbonyl (C=O) groups is 1. The van der Waals surface area contributed by atoms with E-state index in [1.165, 1.54) is 0 Å². The summed E-state index contributed by atoms with van der Waals surface area (Å²) in [5.74, 6) is -0.439. The van der Waals surface area contributed by atoms with Gasteiger partial charge in [0.2, 0.25) is 0 Å². The number of nitrogens with zero attached hydrogens (tertiary/aromatic N) is 2. The van der Waals surface area contributed by atoms with Gasteiger partial charge in [0.15, 0.2) is 0 Å². The van der Waals surface area contributed by atoms with Gasteiger partial charge < -0.3 is 10.4 Å². The molecule has 0 fully saturated rings. The number of aromatic nitrogens is 2. The highest BCUT2D eigenvalue weighted by atomic mass is 16.4. The van der Waals surface area contributed by atoms with Crippen LogP contribution in [0, 0.1) is 5.92 Å². The molecule has 1 aromatic heterocycles. The minimum Gasteiger partial charge on any atom is -0.481 e. The van der Waals surface area contributed by atoms with Crippen molar-refractivity contribution in [3.8, 4) is 0 Å². The van der Waals surface area contributed by atoms with Gasteiger partial charge in [-0.3, -0.25) is 4.79 Å². The zero-order valence-corrected chi connectivity index (χ0v) is 10.1. The highest BCUT2D eigenvalue weighted by Crippen LogP contribution is 2.26. The van der Waals surface area contributed by atoms with Gasteiger partial charge in [0.25, 0.3) is 0 Å². The number of carboxylic acids is 1. The van der Waals surface area contributed by atoms with Crippen molar-refractivity contribution in [1.82, 2.24) is 9.97 Å². The second kappa shape index (κ2) is 4.69. The van der Waals surface area contributed by atoms with Crippen LogP contribution in [0.4, 0.5) is 5.82 Å². The molecule has 2 N–H and O–H groups in total. The molecule has 0 radical (unpaired) electrons. The molecule has 1 aromatic rings. The average molecular weight is 235 g/mol. The summed E-state index contributed by atoms with van der Waals surface area (Å²) < 4.78 is 0. The fraction of sp³-hybridized carbons (Fsp3) is 0.583. The quantitative estimate of drug-likeness (QED) is 0.827. The van der Waals surface area contributed by atoms with Crippen LogP contribution in [0.25, 0.3) is 0 Å². The van der Waals surface area contributed by atoms with Crippen LogP contribution in [0.3, 0.4) is 0 Å². The molecular formula is C12H17N3O2. The van der Waals surface area contributed by atoms with E-state index in [0.29, 0.717) is 0 Å². The predicted molar refractivity (Wildman–Crippen MR) is 63.9 cm³/mol. The zero-order valence-electron chi connectivity index (χ0n) is 10.1. The monoisotopic (exact) mass is 235 g/mol. The van der Waals surface area contributed by atoms with Crippen molar-refractivity contribution < 1.29 is 9.90 Å². The number of hydrogen-bond acceptors (Lipinski definition) is 4. The zero-order chi connectivity index (χ0) is 12.4. The van der Waals surface area contributed by atoms with Gasteiger partial charge in [-0.25, -0.2) is 9.97 Å². The fourth-order valence-electron chi connectivity index (χ4n) is 2.04. The molecule has 92 valence electrons. The van der Waals surface area contributed by atoms with E-state index < -0.39 is 11.9 Å². The molecule has 1 aliphatic rings. The van der Waals surface area contributed by atoms with Crippen molar-refractivity contribution >= 4 is 11.8 Å². The molecule has 0 saturated carbocycles. The number of hydrogen-bond donors (Lipinski definition) is 2. The lowest BCUT2D eigenvalue weighted by Gasteiger charge is -2.19. The summed E-state index contributed by atoms with van der Waals surface area (Å²) in [6.45, 7) is 3.56. The summed E-state index contributed by atoms with van der Waals surface area (Å²) in [5, 5.41) is 12.1. The largest absolute Gasteiger partial charge is 0.481 e. The predicted octanol–water partition coefficient (Wildman–Crippen LogP) is 1.49. The first kappa shape index (κ1) is 11.8. The maximum Gasteiger partial charge on any atom is 0.308 e. The minimum absolute atomic E-state index is 0.146. The topological polar surface area (TPSA) is 75.1 Å². The Kier molecular flexibility index (Phi) is 3.26. The van der Waals surface area contributed by atoms with Gasteiger partial charge in [-0.05, 0) is 33.1 Å². The molecule has 0 bridgehead atoms. The molecule has 17 heavy (non-hydrogen) atoms. The van der Waals surface area contributed by atoms with Crippen LogP contribution in [-0.4, -0.2) is 27.1 Å². The van der Waals surface area contributed by atoms with E-state index in [0.717, 1.165) is 36.3 Å². The van der Waals surface area contributed by atoms with Crippen LogP contribution >= 0.6 is 0 Å². The van der Waals surface area contributed by atoms with Gasteiger partial charge in [-0.15, -0.1) is 0 Å². The lowest BCUT2D eigenvalue weighted by molar-refractivity contribution is -0.141. The molecule has 0 saturated heterocycles. The summed E-state index contributed by atoms with van der Waals surface area (Å²) in [7, 11) is 0. The van der Waals surface area contributed by atoms with Gasteiger partial charge in [-0.2, -0.15) is 0 Å². The first-order valence-corrected chi connectivity index (χ1v) is 5.91. The van der Waals surface area contributed by atoms with Crippen molar-refractivity contribution in [2.24, 2.45) is 5.92 Å². The van der Waals surface area contributed by atoms with E-state index in [-0.39, 0.29) is 6.04 Å². The summed E-state index contributed by atoms with van der Waals surface area (Å²) in [6, 6.07) is -0.146. The molecule has 0 amide bonds. The molecule has 5 nitrogen and oxygen atoms in total. The molecule has 1 heterocycles. The molecule has 0 spiro atoms.